The monoisotopic (exact) mass is 1540 g/mol. The minimum Gasteiger partial charge on any atom is -0.393 e. The highest BCUT2D eigenvalue weighted by atomic mass is 16.8. The number of ether oxygens (including phenoxy) is 12. The Labute approximate surface area is 673 Å². The van der Waals surface area contributed by atoms with E-state index in [1.807, 2.05) is 200 Å². The molecule has 15 nitrogen and oxygen atoms in total. The summed E-state index contributed by atoms with van der Waals surface area (Å²) in [5.41, 5.74) is 10.0. The fourth-order valence-corrected chi connectivity index (χ4v) is 16.1. The zero-order chi connectivity index (χ0) is 79.0. The van der Waals surface area contributed by atoms with Gasteiger partial charge in [-0.3, -0.25) is 0 Å². The average molecular weight is 1540 g/mol. The number of benzene rings is 10. The Morgan fingerprint density at radius 1 is 0.404 bits per heavy atom. The van der Waals surface area contributed by atoms with Crippen molar-refractivity contribution in [2.75, 3.05) is 46.8 Å². The molecule has 0 aromatic heterocycles. The third-order valence-electron chi connectivity index (χ3n) is 22.4. The molecule has 3 heterocycles. The number of rotatable bonds is 43. The maximum absolute atomic E-state index is 14.8. The van der Waals surface area contributed by atoms with Gasteiger partial charge >= 0.3 is 0 Å². The van der Waals surface area contributed by atoms with Gasteiger partial charge in [0.1, 0.15) is 48.8 Å². The first-order chi connectivity index (χ1) is 55.9. The first kappa shape index (κ1) is 83.0. The van der Waals surface area contributed by atoms with Crippen molar-refractivity contribution in [2.24, 2.45) is 0 Å². The predicted octanol–water partition coefficient (Wildman–Crippen LogP) is 17.0. The molecule has 0 amide bonds. The highest BCUT2D eigenvalue weighted by Gasteiger charge is 2.76. The van der Waals surface area contributed by atoms with Crippen LogP contribution in [-0.2, 0) is 134 Å². The zero-order valence-corrected chi connectivity index (χ0v) is 66.0. The van der Waals surface area contributed by atoms with Gasteiger partial charge in [-0.25, -0.2) is 0 Å². The van der Waals surface area contributed by atoms with Gasteiger partial charge in [-0.05, 0) is 155 Å². The fourth-order valence-electron chi connectivity index (χ4n) is 16.1. The first-order valence-corrected chi connectivity index (χ1v) is 40.1. The molecule has 3 aliphatic rings. The maximum Gasteiger partial charge on any atom is 0.225 e. The predicted molar refractivity (Wildman–Crippen MR) is 442 cm³/mol. The Kier molecular flexibility index (Phi) is 29.6. The highest BCUT2D eigenvalue weighted by Crippen LogP contribution is 2.57. The van der Waals surface area contributed by atoms with Crippen LogP contribution in [0.1, 0.15) is 115 Å². The van der Waals surface area contributed by atoms with Crippen LogP contribution < -0.4 is 0 Å². The Hall–Kier alpha value is -8.92. The number of aliphatic hydroxyl groups is 3. The van der Waals surface area contributed by atoms with E-state index in [4.69, 9.17) is 56.8 Å². The molecule has 0 aliphatic carbocycles. The molecule has 3 aliphatic heterocycles. The third-order valence-corrected chi connectivity index (χ3v) is 22.4. The van der Waals surface area contributed by atoms with E-state index in [-0.39, 0.29) is 39.6 Å². The van der Waals surface area contributed by atoms with Crippen molar-refractivity contribution in [1.82, 2.24) is 0 Å². The molecular weight excluding hydrogens is 1430 g/mol. The van der Waals surface area contributed by atoms with Crippen LogP contribution in [0.25, 0.3) is 0 Å². The Bertz CT molecular complexity index is 4560. The van der Waals surface area contributed by atoms with E-state index in [0.717, 1.165) is 105 Å². The Morgan fingerprint density at radius 3 is 1.18 bits per heavy atom. The Balaban J connectivity index is 0.969. The summed E-state index contributed by atoms with van der Waals surface area (Å²) in [5.74, 6) is -4.02. The number of aliphatic hydroxyl groups excluding tert-OH is 3. The van der Waals surface area contributed by atoms with Crippen LogP contribution in [0.15, 0.2) is 292 Å². The SMILES string of the molecule is C=CCOCCCCc1ccc(Cc2cc([C@]3(OC)OC(CO)(C(O)C(O)[C@]45CO[C@@](c6ccc(C)c(Cc7ccc(CCCCOCC=C)cc7)c6)(O4)[C@H](OCc4ccccc4)[C@@H](OCc4ccccc4)[C@@H]5OCc4ccccc4)[C@@H](OCc4ccccc4)[C@H](OCc4ccccc4)[C@H]3OCc3ccccc3)ccc2C)cc1. The molecular formula is C99H110O15. The minimum absolute atomic E-state index is 0.000684. The summed E-state index contributed by atoms with van der Waals surface area (Å²) in [6.45, 7) is 12.8. The third kappa shape index (κ3) is 19.9. The topological polar surface area (TPSA) is 171 Å². The van der Waals surface area contributed by atoms with Crippen LogP contribution in [0.4, 0.5) is 0 Å². The number of fused-ring (bicyclic) bond motifs is 2. The summed E-state index contributed by atoms with van der Waals surface area (Å²) in [5, 5.41) is 42.9. The summed E-state index contributed by atoms with van der Waals surface area (Å²) in [6, 6.07) is 88.3. The van der Waals surface area contributed by atoms with Gasteiger partial charge in [0, 0.05) is 31.5 Å². The molecule has 3 saturated heterocycles. The second kappa shape index (κ2) is 40.6. The van der Waals surface area contributed by atoms with Gasteiger partial charge in [-0.1, -0.05) is 267 Å². The van der Waals surface area contributed by atoms with Gasteiger partial charge in [0.25, 0.3) is 0 Å². The van der Waals surface area contributed by atoms with Gasteiger partial charge in [0.2, 0.25) is 11.6 Å². The van der Waals surface area contributed by atoms with Gasteiger partial charge < -0.3 is 72.2 Å². The van der Waals surface area contributed by atoms with E-state index in [0.29, 0.717) is 50.4 Å². The number of methoxy groups -OCH3 is 1. The molecule has 12 atom stereocenters. The summed E-state index contributed by atoms with van der Waals surface area (Å²) in [4.78, 5) is 0. The van der Waals surface area contributed by atoms with E-state index in [2.05, 4.69) is 93.7 Å². The lowest BCUT2D eigenvalue weighted by Gasteiger charge is -2.60. The molecule has 3 N–H and O–H groups in total. The summed E-state index contributed by atoms with van der Waals surface area (Å²) < 4.78 is 86.5. The smallest absolute Gasteiger partial charge is 0.225 e. The number of unbranched alkanes of at least 4 members (excludes halogenated alkanes) is 2. The van der Waals surface area contributed by atoms with Crippen LogP contribution in [0.3, 0.4) is 0 Å². The van der Waals surface area contributed by atoms with Crippen molar-refractivity contribution in [3.05, 3.63) is 381 Å². The molecule has 596 valence electrons. The summed E-state index contributed by atoms with van der Waals surface area (Å²) >= 11 is 0. The van der Waals surface area contributed by atoms with Crippen LogP contribution in [0.2, 0.25) is 0 Å². The van der Waals surface area contributed by atoms with Crippen molar-refractivity contribution in [1.29, 1.82) is 0 Å². The molecule has 0 radical (unpaired) electrons. The summed E-state index contributed by atoms with van der Waals surface area (Å²) in [7, 11) is 1.53. The number of hydrogen-bond donors (Lipinski definition) is 3. The molecule has 15 heteroatoms. The largest absolute Gasteiger partial charge is 0.393 e. The lowest BCUT2D eigenvalue weighted by molar-refractivity contribution is -0.434. The number of hydrogen-bond acceptors (Lipinski definition) is 15. The molecule has 114 heavy (non-hydrogen) atoms. The van der Waals surface area contributed by atoms with Crippen molar-refractivity contribution < 1.29 is 72.2 Å². The minimum atomic E-state index is -2.46. The molecule has 0 saturated carbocycles. The van der Waals surface area contributed by atoms with Crippen molar-refractivity contribution in [3.8, 4) is 0 Å². The molecule has 10 aromatic rings. The molecule has 0 spiro atoms. The van der Waals surface area contributed by atoms with Crippen molar-refractivity contribution >= 4 is 0 Å². The van der Waals surface area contributed by atoms with Crippen molar-refractivity contribution in [3.63, 3.8) is 0 Å². The van der Waals surface area contributed by atoms with Gasteiger partial charge in [-0.2, -0.15) is 0 Å². The first-order valence-electron chi connectivity index (χ1n) is 40.1. The molecule has 3 fully saturated rings. The van der Waals surface area contributed by atoms with E-state index in [1.165, 1.54) is 18.2 Å². The molecule has 2 bridgehead atoms. The quantitative estimate of drug-likeness (QED) is 0.0243. The lowest BCUT2D eigenvalue weighted by Crippen LogP contribution is -2.79. The Morgan fingerprint density at radius 2 is 0.772 bits per heavy atom. The van der Waals surface area contributed by atoms with Gasteiger partial charge in [0.05, 0.1) is 66.1 Å². The second-order valence-electron chi connectivity index (χ2n) is 30.3. The molecule has 13 rings (SSSR count). The highest BCUT2D eigenvalue weighted by molar-refractivity contribution is 5.42. The van der Waals surface area contributed by atoms with E-state index in [9.17, 15) is 15.3 Å². The van der Waals surface area contributed by atoms with Crippen LogP contribution in [-0.4, -0.2) is 122 Å². The summed E-state index contributed by atoms with van der Waals surface area (Å²) in [6.07, 6.45) is -1.75. The van der Waals surface area contributed by atoms with Crippen LogP contribution >= 0.6 is 0 Å². The molecule has 3 unspecified atom stereocenters. The maximum atomic E-state index is 14.8. The fraction of sp³-hybridized carbons (Fsp3) is 0.354. The van der Waals surface area contributed by atoms with Gasteiger partial charge in [-0.15, -0.1) is 13.2 Å². The van der Waals surface area contributed by atoms with E-state index < -0.39 is 84.8 Å². The van der Waals surface area contributed by atoms with Crippen molar-refractivity contribution in [2.45, 2.75) is 176 Å². The van der Waals surface area contributed by atoms with E-state index >= 15 is 0 Å². The number of aryl methyl sites for hydroxylation is 4. The van der Waals surface area contributed by atoms with E-state index in [1.54, 1.807) is 12.2 Å². The standard InChI is InChI=1S/C99H110O15/c1-6-56-104-58-28-26-30-74-46-50-76(51-47-74)60-84-62-86(54-44-72(84)3)98(103-5)94(110-68-82-40-22-12-23-41-82)88(106-64-78-32-14-8-15-33-78)92(108-66-80-36-18-10-19-37-80)96(70-100,113-98)90(101)91(102)97-71-112-99(114-97,87-55-45-73(4)85(63-87)61-77-52-48-75(49-53-77)31-27-29-59-105-57-7-2)95(111-69-83-42-24-13-25-43-83)89(107-65-79-34-16-9-17-35-79)93(97)109-67-81-38-20-11-21-39-81/h6-25,32-55,62-63,88-95,100-102H,1-2,26-31,56-61,64-71H2,3-5H3/t88-,89-,90?,91?,92-,93-,94+,95+,96?,97-,98-,99-/m0/s1. The van der Waals surface area contributed by atoms with Crippen LogP contribution in [0, 0.1) is 13.8 Å². The van der Waals surface area contributed by atoms with Gasteiger partial charge in [0.15, 0.2) is 11.2 Å². The normalized spacial score (nSPS) is 23.1. The second-order valence-corrected chi connectivity index (χ2v) is 30.3. The lowest BCUT2D eigenvalue weighted by atomic mass is 9.71. The average Bonchev–Trinajstić information content (AvgIpc) is 1.52. The zero-order valence-electron chi connectivity index (χ0n) is 66.0. The molecule has 10 aromatic carbocycles. The van der Waals surface area contributed by atoms with Crippen LogP contribution in [0.5, 0.6) is 0 Å².